The molecular weight excluding hydrogens is 380 g/mol. The number of aromatic nitrogens is 2. The van der Waals surface area contributed by atoms with Crippen molar-refractivity contribution in [3.63, 3.8) is 0 Å². The van der Waals surface area contributed by atoms with E-state index in [-0.39, 0.29) is 0 Å². The van der Waals surface area contributed by atoms with Crippen LogP contribution in [-0.2, 0) is 0 Å². The summed E-state index contributed by atoms with van der Waals surface area (Å²) < 4.78 is 6.18. The van der Waals surface area contributed by atoms with Crippen molar-refractivity contribution in [3.05, 3.63) is 96.3 Å². The number of hydrogen-bond donors (Lipinski definition) is 0. The van der Waals surface area contributed by atoms with Gasteiger partial charge in [-0.1, -0.05) is 48.0 Å². The molecule has 31 heavy (non-hydrogen) atoms. The first-order valence-electron chi connectivity index (χ1n) is 10.4. The van der Waals surface area contributed by atoms with Gasteiger partial charge in [0.2, 0.25) is 5.71 Å². The molecule has 0 saturated heterocycles. The third-order valence-electron chi connectivity index (χ3n) is 5.87. The summed E-state index contributed by atoms with van der Waals surface area (Å²) in [7, 11) is 0. The maximum absolute atomic E-state index is 6.18. The highest BCUT2D eigenvalue weighted by molar-refractivity contribution is 6.08. The van der Waals surface area contributed by atoms with E-state index in [1.165, 1.54) is 21.9 Å². The first-order valence-corrected chi connectivity index (χ1v) is 10.4. The van der Waals surface area contributed by atoms with Crippen LogP contribution in [0.1, 0.15) is 11.3 Å². The minimum atomic E-state index is 0.670. The fourth-order valence-electron chi connectivity index (χ4n) is 4.28. The second kappa shape index (κ2) is 6.78. The minimum absolute atomic E-state index is 0.670. The fraction of sp³-hybridized carbons (Fsp3) is 0.0714. The van der Waals surface area contributed by atoms with Crippen molar-refractivity contribution in [1.82, 2.24) is 9.97 Å². The molecule has 3 aromatic heterocycles. The highest BCUT2D eigenvalue weighted by Crippen LogP contribution is 2.35. The quantitative estimate of drug-likeness (QED) is 0.302. The zero-order valence-corrected chi connectivity index (χ0v) is 17.4. The lowest BCUT2D eigenvalue weighted by Crippen LogP contribution is -1.86. The summed E-state index contributed by atoms with van der Waals surface area (Å²) in [6.07, 6.45) is 1.87. The van der Waals surface area contributed by atoms with Crippen LogP contribution in [0.15, 0.2) is 89.5 Å². The molecule has 0 aliphatic carbocycles. The van der Waals surface area contributed by atoms with Gasteiger partial charge in [-0.2, -0.15) is 0 Å². The number of furan rings is 1. The molecule has 0 aliphatic heterocycles. The Morgan fingerprint density at radius 1 is 0.710 bits per heavy atom. The van der Waals surface area contributed by atoms with Crippen molar-refractivity contribution < 1.29 is 4.42 Å². The van der Waals surface area contributed by atoms with Crippen LogP contribution < -0.4 is 0 Å². The van der Waals surface area contributed by atoms with Gasteiger partial charge in [0.1, 0.15) is 5.58 Å². The summed E-state index contributed by atoms with van der Waals surface area (Å²) in [6, 6.07) is 27.6. The van der Waals surface area contributed by atoms with Crippen LogP contribution in [0.4, 0.5) is 0 Å². The Balaban J connectivity index is 1.51. The molecule has 0 fully saturated rings. The summed E-state index contributed by atoms with van der Waals surface area (Å²) in [4.78, 5) is 9.23. The summed E-state index contributed by atoms with van der Waals surface area (Å²) >= 11 is 0. The molecule has 3 aromatic carbocycles. The Morgan fingerprint density at radius 3 is 2.48 bits per heavy atom. The van der Waals surface area contributed by atoms with Gasteiger partial charge < -0.3 is 4.42 Å². The predicted molar refractivity (Wildman–Crippen MR) is 127 cm³/mol. The van der Waals surface area contributed by atoms with E-state index in [0.717, 1.165) is 38.9 Å². The van der Waals surface area contributed by atoms with Gasteiger partial charge in [0.05, 0.1) is 5.69 Å². The van der Waals surface area contributed by atoms with E-state index in [1.807, 2.05) is 19.2 Å². The second-order valence-electron chi connectivity index (χ2n) is 8.08. The van der Waals surface area contributed by atoms with Crippen LogP contribution >= 0.6 is 0 Å². The highest BCUT2D eigenvalue weighted by Gasteiger charge is 2.14. The van der Waals surface area contributed by atoms with Crippen LogP contribution in [0.2, 0.25) is 0 Å². The molecule has 0 radical (unpaired) electrons. The average molecular weight is 400 g/mol. The maximum atomic E-state index is 6.18. The number of aryl methyl sites for hydroxylation is 2. The molecule has 0 aliphatic rings. The number of fused-ring (bicyclic) bond motifs is 4. The van der Waals surface area contributed by atoms with Gasteiger partial charge in [-0.25, -0.2) is 4.98 Å². The molecule has 3 heterocycles. The molecule has 0 spiro atoms. The largest absolute Gasteiger partial charge is 0.437 e. The summed E-state index contributed by atoms with van der Waals surface area (Å²) in [5, 5.41) is 4.59. The molecule has 0 atom stereocenters. The van der Waals surface area contributed by atoms with Crippen molar-refractivity contribution in [2.45, 2.75) is 13.8 Å². The number of pyridine rings is 2. The molecule has 0 amide bonds. The number of nitrogens with zero attached hydrogens (tertiary/aromatic N) is 2. The van der Waals surface area contributed by atoms with E-state index in [1.54, 1.807) is 0 Å². The Bertz CT molecular complexity index is 1610. The standard InChI is InChI=1S/C28H20N2O/c1-17-6-8-20-15-21(10-9-19(20)14-17)22-12-13-29-26(16-22)25-5-3-4-23-24-11-7-18(2)30-28(24)31-27(23)25/h3-16H,1-2H3. The van der Waals surface area contributed by atoms with Crippen molar-refractivity contribution >= 4 is 32.8 Å². The summed E-state index contributed by atoms with van der Waals surface area (Å²) in [5.74, 6) is 0. The normalized spacial score (nSPS) is 11.5. The number of benzene rings is 3. The maximum Gasteiger partial charge on any atom is 0.227 e. The Hall–Kier alpha value is -3.98. The predicted octanol–water partition coefficient (Wildman–Crippen LogP) is 7.48. The fourth-order valence-corrected chi connectivity index (χ4v) is 4.28. The zero-order chi connectivity index (χ0) is 20.9. The van der Waals surface area contributed by atoms with E-state index in [2.05, 4.69) is 89.7 Å². The Morgan fingerprint density at radius 2 is 1.55 bits per heavy atom. The van der Waals surface area contributed by atoms with Crippen LogP contribution in [0, 0.1) is 13.8 Å². The van der Waals surface area contributed by atoms with Gasteiger partial charge in [-0.15, -0.1) is 0 Å². The Labute approximate surface area is 180 Å². The van der Waals surface area contributed by atoms with Crippen LogP contribution in [0.25, 0.3) is 55.2 Å². The van der Waals surface area contributed by atoms with Gasteiger partial charge in [0, 0.05) is 28.2 Å². The van der Waals surface area contributed by atoms with E-state index in [9.17, 15) is 0 Å². The van der Waals surface area contributed by atoms with Crippen molar-refractivity contribution in [2.24, 2.45) is 0 Å². The molecule has 3 heteroatoms. The summed E-state index contributed by atoms with van der Waals surface area (Å²) in [6.45, 7) is 4.10. The third-order valence-corrected chi connectivity index (χ3v) is 5.87. The molecule has 0 unspecified atom stereocenters. The lowest BCUT2D eigenvalue weighted by Gasteiger charge is -2.08. The van der Waals surface area contributed by atoms with Crippen molar-refractivity contribution in [3.8, 4) is 22.4 Å². The zero-order valence-electron chi connectivity index (χ0n) is 17.4. The summed E-state index contributed by atoms with van der Waals surface area (Å²) in [5.41, 5.74) is 7.89. The van der Waals surface area contributed by atoms with Gasteiger partial charge in [-0.3, -0.25) is 4.98 Å². The van der Waals surface area contributed by atoms with Crippen molar-refractivity contribution in [2.75, 3.05) is 0 Å². The van der Waals surface area contributed by atoms with Crippen LogP contribution in [-0.4, -0.2) is 9.97 Å². The van der Waals surface area contributed by atoms with Crippen LogP contribution in [0.5, 0.6) is 0 Å². The van der Waals surface area contributed by atoms with E-state index >= 15 is 0 Å². The number of rotatable bonds is 2. The van der Waals surface area contributed by atoms with E-state index in [0.29, 0.717) is 5.71 Å². The van der Waals surface area contributed by atoms with Gasteiger partial charge in [-0.05, 0) is 72.1 Å². The molecule has 148 valence electrons. The number of hydrogen-bond acceptors (Lipinski definition) is 3. The smallest absolute Gasteiger partial charge is 0.227 e. The highest BCUT2D eigenvalue weighted by atomic mass is 16.3. The lowest BCUT2D eigenvalue weighted by atomic mass is 9.99. The average Bonchev–Trinajstić information content (AvgIpc) is 3.16. The first kappa shape index (κ1) is 17.8. The molecular formula is C28H20N2O. The molecule has 6 rings (SSSR count). The molecule has 0 N–H and O–H groups in total. The van der Waals surface area contributed by atoms with Gasteiger partial charge in [0.25, 0.3) is 0 Å². The van der Waals surface area contributed by atoms with Gasteiger partial charge >= 0.3 is 0 Å². The van der Waals surface area contributed by atoms with Gasteiger partial charge in [0.15, 0.2) is 0 Å². The second-order valence-corrected chi connectivity index (χ2v) is 8.08. The first-order chi connectivity index (χ1) is 15.2. The van der Waals surface area contributed by atoms with Crippen molar-refractivity contribution in [1.29, 1.82) is 0 Å². The molecule has 6 aromatic rings. The lowest BCUT2D eigenvalue weighted by molar-refractivity contribution is 0.653. The van der Waals surface area contributed by atoms with Crippen LogP contribution in [0.3, 0.4) is 0 Å². The SMILES string of the molecule is Cc1ccc2cc(-c3ccnc(-c4cccc5c4oc4nc(C)ccc45)c3)ccc2c1. The Kier molecular flexibility index (Phi) is 3.90. The topological polar surface area (TPSA) is 38.9 Å². The molecule has 0 bridgehead atoms. The molecule has 0 saturated carbocycles. The number of para-hydroxylation sites is 1. The monoisotopic (exact) mass is 400 g/mol. The third kappa shape index (κ3) is 2.98. The minimum Gasteiger partial charge on any atom is -0.437 e. The van der Waals surface area contributed by atoms with E-state index < -0.39 is 0 Å². The molecule has 3 nitrogen and oxygen atoms in total. The van der Waals surface area contributed by atoms with E-state index in [4.69, 9.17) is 4.42 Å².